The Kier molecular flexibility index (Phi) is 11.7. The number of hydrogen-bond acceptors (Lipinski definition) is 9. The highest BCUT2D eigenvalue weighted by Gasteiger charge is 2.31. The average Bonchev–Trinajstić information content (AvgIpc) is 2.64. The van der Waals surface area contributed by atoms with Crippen molar-refractivity contribution >= 4 is 47.4 Å². The van der Waals surface area contributed by atoms with Gasteiger partial charge in [0.25, 0.3) is 0 Å². The van der Waals surface area contributed by atoms with Crippen molar-refractivity contribution in [2.24, 2.45) is 5.73 Å². The van der Waals surface area contributed by atoms with Gasteiger partial charge in [0.1, 0.15) is 23.9 Å². The van der Waals surface area contributed by atoms with Crippen molar-refractivity contribution in [1.82, 2.24) is 16.0 Å². The van der Waals surface area contributed by atoms with Crippen molar-refractivity contribution in [2.75, 3.05) is 0 Å². The second-order valence-electron chi connectivity index (χ2n) is 6.83. The smallest absolute Gasteiger partial charge is 0.326 e. The number of hydrogen-bond donors (Lipinski definition) is 8. The fourth-order valence-electron chi connectivity index (χ4n) is 2.34. The summed E-state index contributed by atoms with van der Waals surface area (Å²) in [6, 6.07) is -7.07. The number of carbonyl (C=O) groups is 8. The number of rotatable bonds is 15. The van der Waals surface area contributed by atoms with Crippen molar-refractivity contribution in [1.29, 1.82) is 0 Å². The lowest BCUT2D eigenvalue weighted by atomic mass is 10.1. The van der Waals surface area contributed by atoms with Crippen LogP contribution in [0.1, 0.15) is 32.6 Å². The Labute approximate surface area is 185 Å². The summed E-state index contributed by atoms with van der Waals surface area (Å²) < 4.78 is 0. The first-order valence-electron chi connectivity index (χ1n) is 9.18. The van der Waals surface area contributed by atoms with Gasteiger partial charge in [-0.15, -0.1) is 0 Å². The predicted octanol–water partition coefficient (Wildman–Crippen LogP) is -3.74. The lowest BCUT2D eigenvalue weighted by Gasteiger charge is -2.21. The molecule has 4 atom stereocenters. The standard InChI is InChI=1S/C17H24N4O12/c1-6(22)2-9(16(30)31)21-15(29)8(5-13(26)27)19-11(23)4-10(17(32)33)20-14(28)7(18)3-12(24)25/h7-10H,2-5,18H2,1H3,(H,19,23)(H,20,28)(H,21,29)(H,24,25)(H,26,27)(H,30,31)(H,32,33). The van der Waals surface area contributed by atoms with Gasteiger partial charge in [-0.05, 0) is 6.92 Å². The van der Waals surface area contributed by atoms with Gasteiger partial charge in [0.15, 0.2) is 0 Å². The molecule has 0 aliphatic carbocycles. The number of ketones is 1. The highest BCUT2D eigenvalue weighted by Crippen LogP contribution is 2.02. The van der Waals surface area contributed by atoms with Crippen LogP contribution in [0.15, 0.2) is 0 Å². The van der Waals surface area contributed by atoms with Crippen molar-refractivity contribution in [3.63, 3.8) is 0 Å². The summed E-state index contributed by atoms with van der Waals surface area (Å²) >= 11 is 0. The molecule has 0 aliphatic rings. The van der Waals surface area contributed by atoms with Gasteiger partial charge < -0.3 is 42.1 Å². The summed E-state index contributed by atoms with van der Waals surface area (Å²) in [5.74, 6) is -10.6. The fourth-order valence-corrected chi connectivity index (χ4v) is 2.34. The first kappa shape index (κ1) is 28.9. The van der Waals surface area contributed by atoms with Crippen LogP contribution in [-0.4, -0.2) is 92.0 Å². The Morgan fingerprint density at radius 1 is 0.636 bits per heavy atom. The molecule has 0 fully saturated rings. The van der Waals surface area contributed by atoms with E-state index in [1.54, 1.807) is 0 Å². The fraction of sp³-hybridized carbons (Fsp3) is 0.529. The molecule has 0 spiro atoms. The van der Waals surface area contributed by atoms with Crippen LogP contribution in [-0.2, 0) is 38.4 Å². The predicted molar refractivity (Wildman–Crippen MR) is 103 cm³/mol. The summed E-state index contributed by atoms with van der Waals surface area (Å²) in [4.78, 5) is 91.5. The average molecular weight is 476 g/mol. The van der Waals surface area contributed by atoms with Crippen LogP contribution < -0.4 is 21.7 Å². The van der Waals surface area contributed by atoms with Gasteiger partial charge >= 0.3 is 23.9 Å². The third-order valence-corrected chi connectivity index (χ3v) is 3.87. The molecule has 0 rings (SSSR count). The minimum Gasteiger partial charge on any atom is -0.481 e. The SMILES string of the molecule is CC(=O)CC(NC(=O)C(CC(=O)O)NC(=O)CC(NC(=O)C(N)CC(=O)O)C(=O)O)C(=O)O. The Balaban J connectivity index is 5.32. The normalized spacial score (nSPS) is 14.0. The molecule has 33 heavy (non-hydrogen) atoms. The van der Waals surface area contributed by atoms with Gasteiger partial charge in [0.05, 0.1) is 25.3 Å². The molecular weight excluding hydrogens is 452 g/mol. The lowest BCUT2D eigenvalue weighted by Crippen LogP contribution is -2.54. The number of carboxylic acid groups (broad SMARTS) is 4. The molecule has 0 bridgehead atoms. The number of amides is 3. The number of nitrogens with one attached hydrogen (secondary N) is 3. The maximum atomic E-state index is 12.3. The van der Waals surface area contributed by atoms with Crippen LogP contribution in [0.4, 0.5) is 0 Å². The van der Waals surface area contributed by atoms with E-state index in [1.807, 2.05) is 16.0 Å². The second kappa shape index (κ2) is 13.4. The molecule has 16 heteroatoms. The van der Waals surface area contributed by atoms with E-state index >= 15 is 0 Å². The molecular formula is C17H24N4O12. The van der Waals surface area contributed by atoms with Gasteiger partial charge in [-0.25, -0.2) is 9.59 Å². The maximum Gasteiger partial charge on any atom is 0.326 e. The first-order chi connectivity index (χ1) is 15.1. The van der Waals surface area contributed by atoms with Crippen molar-refractivity contribution in [2.45, 2.75) is 56.8 Å². The molecule has 0 heterocycles. The van der Waals surface area contributed by atoms with Crippen LogP contribution in [0.5, 0.6) is 0 Å². The van der Waals surface area contributed by atoms with E-state index in [4.69, 9.17) is 26.2 Å². The van der Waals surface area contributed by atoms with Gasteiger partial charge in [-0.3, -0.25) is 28.8 Å². The van der Waals surface area contributed by atoms with Crippen LogP contribution in [0.25, 0.3) is 0 Å². The summed E-state index contributed by atoms with van der Waals surface area (Å²) in [5, 5.41) is 41.4. The molecule has 0 aromatic rings. The van der Waals surface area contributed by atoms with Crippen molar-refractivity contribution in [3.8, 4) is 0 Å². The maximum absolute atomic E-state index is 12.3. The van der Waals surface area contributed by atoms with E-state index in [-0.39, 0.29) is 0 Å². The van der Waals surface area contributed by atoms with E-state index in [9.17, 15) is 38.4 Å². The number of nitrogens with two attached hydrogens (primary N) is 1. The lowest BCUT2D eigenvalue weighted by molar-refractivity contribution is -0.146. The number of carbonyl (C=O) groups excluding carboxylic acids is 4. The molecule has 0 aromatic carbocycles. The molecule has 0 saturated carbocycles. The Morgan fingerprint density at radius 3 is 1.52 bits per heavy atom. The van der Waals surface area contributed by atoms with Gasteiger partial charge in [-0.2, -0.15) is 0 Å². The van der Waals surface area contributed by atoms with E-state index in [0.29, 0.717) is 0 Å². The monoisotopic (exact) mass is 476 g/mol. The topological polar surface area (TPSA) is 280 Å². The molecule has 4 unspecified atom stereocenters. The second-order valence-corrected chi connectivity index (χ2v) is 6.83. The van der Waals surface area contributed by atoms with Gasteiger partial charge in [0.2, 0.25) is 17.7 Å². The van der Waals surface area contributed by atoms with E-state index in [1.165, 1.54) is 0 Å². The zero-order valence-electron chi connectivity index (χ0n) is 17.3. The van der Waals surface area contributed by atoms with Crippen LogP contribution >= 0.6 is 0 Å². The molecule has 0 aliphatic heterocycles. The molecule has 0 saturated heterocycles. The van der Waals surface area contributed by atoms with E-state index < -0.39 is 97.2 Å². The van der Waals surface area contributed by atoms with Crippen molar-refractivity contribution in [3.05, 3.63) is 0 Å². The molecule has 0 aromatic heterocycles. The van der Waals surface area contributed by atoms with Crippen molar-refractivity contribution < 1.29 is 58.8 Å². The first-order valence-corrected chi connectivity index (χ1v) is 9.18. The third kappa shape index (κ3) is 11.8. The number of aliphatic carboxylic acids is 4. The summed E-state index contributed by atoms with van der Waals surface area (Å²) in [5.41, 5.74) is 5.30. The largest absolute Gasteiger partial charge is 0.481 e. The number of Topliss-reactive ketones (excluding diaryl/α,β-unsaturated/α-hetero) is 1. The van der Waals surface area contributed by atoms with Crippen LogP contribution in [0, 0.1) is 0 Å². The van der Waals surface area contributed by atoms with Crippen LogP contribution in [0.2, 0.25) is 0 Å². The zero-order valence-corrected chi connectivity index (χ0v) is 17.3. The summed E-state index contributed by atoms with van der Waals surface area (Å²) in [6.45, 7) is 1.06. The van der Waals surface area contributed by atoms with Gasteiger partial charge in [0, 0.05) is 6.42 Å². The Morgan fingerprint density at radius 2 is 1.09 bits per heavy atom. The third-order valence-electron chi connectivity index (χ3n) is 3.87. The van der Waals surface area contributed by atoms with E-state index in [2.05, 4.69) is 0 Å². The quantitative estimate of drug-likeness (QED) is 0.113. The highest BCUT2D eigenvalue weighted by atomic mass is 16.4. The summed E-state index contributed by atoms with van der Waals surface area (Å²) in [6.07, 6.45) is -3.45. The number of carboxylic acids is 4. The van der Waals surface area contributed by atoms with Gasteiger partial charge in [-0.1, -0.05) is 0 Å². The molecule has 16 nitrogen and oxygen atoms in total. The Hall–Kier alpha value is -4.08. The molecule has 3 amide bonds. The van der Waals surface area contributed by atoms with Crippen LogP contribution in [0.3, 0.4) is 0 Å². The Bertz CT molecular complexity index is 827. The molecule has 184 valence electrons. The zero-order chi connectivity index (χ0) is 25.9. The minimum atomic E-state index is -1.91. The highest BCUT2D eigenvalue weighted by molar-refractivity contribution is 5.96. The summed E-state index contributed by atoms with van der Waals surface area (Å²) in [7, 11) is 0. The molecule has 0 radical (unpaired) electrons. The molecule has 9 N–H and O–H groups in total. The van der Waals surface area contributed by atoms with E-state index in [0.717, 1.165) is 6.92 Å². The minimum absolute atomic E-state index is 0.595.